The van der Waals surface area contributed by atoms with Gasteiger partial charge in [0.25, 0.3) is 5.91 Å². The summed E-state index contributed by atoms with van der Waals surface area (Å²) in [5.74, 6) is -0.680. The van der Waals surface area contributed by atoms with Crippen LogP contribution in [0.25, 0.3) is 0 Å². The average molecular weight is 334 g/mol. The van der Waals surface area contributed by atoms with E-state index in [9.17, 15) is 14.4 Å². The van der Waals surface area contributed by atoms with Crippen molar-refractivity contribution in [2.75, 3.05) is 18.1 Å². The molecule has 2 N–H and O–H groups in total. The van der Waals surface area contributed by atoms with Crippen molar-refractivity contribution in [1.82, 2.24) is 5.32 Å². The molecular formula is C17H22N2O5. The van der Waals surface area contributed by atoms with Crippen LogP contribution in [0.1, 0.15) is 33.1 Å². The maximum Gasteiger partial charge on any atom is 0.303 e. The van der Waals surface area contributed by atoms with Crippen LogP contribution in [0.5, 0.6) is 5.75 Å². The molecule has 1 aromatic rings. The van der Waals surface area contributed by atoms with Gasteiger partial charge in [0.1, 0.15) is 5.75 Å². The minimum atomic E-state index is -0.896. The maximum atomic E-state index is 12.1. The number of carboxylic acid groups (broad SMARTS) is 1. The second-order valence-corrected chi connectivity index (χ2v) is 6.38. The van der Waals surface area contributed by atoms with Crippen molar-refractivity contribution in [3.05, 3.63) is 24.3 Å². The smallest absolute Gasteiger partial charge is 0.303 e. The van der Waals surface area contributed by atoms with Gasteiger partial charge in [-0.15, -0.1) is 0 Å². The number of ether oxygens (including phenoxy) is 1. The molecule has 0 spiro atoms. The lowest BCUT2D eigenvalue weighted by atomic mass is 9.98. The van der Waals surface area contributed by atoms with Crippen molar-refractivity contribution in [2.24, 2.45) is 0 Å². The van der Waals surface area contributed by atoms with E-state index in [1.54, 1.807) is 30.9 Å². The molecule has 0 radical (unpaired) electrons. The quantitative estimate of drug-likeness (QED) is 0.789. The Labute approximate surface area is 140 Å². The molecule has 1 aromatic carbocycles. The average Bonchev–Trinajstić information content (AvgIpc) is 2.52. The molecule has 1 aliphatic rings. The number of hydrogen-bond donors (Lipinski definition) is 2. The van der Waals surface area contributed by atoms with Crippen molar-refractivity contribution < 1.29 is 24.2 Å². The number of nitrogens with one attached hydrogen (secondary N) is 1. The Bertz CT molecular complexity index is 642. The molecule has 0 saturated carbocycles. The number of aliphatic carboxylic acids is 1. The molecule has 2 rings (SSSR count). The van der Waals surface area contributed by atoms with E-state index in [0.717, 1.165) is 0 Å². The Morgan fingerprint density at radius 2 is 2.00 bits per heavy atom. The molecule has 1 aliphatic heterocycles. The van der Waals surface area contributed by atoms with E-state index in [1.165, 1.54) is 0 Å². The van der Waals surface area contributed by atoms with Crippen molar-refractivity contribution in [1.29, 1.82) is 0 Å². The number of hydrogen-bond acceptors (Lipinski definition) is 4. The molecule has 130 valence electrons. The third-order valence-electron chi connectivity index (χ3n) is 3.81. The van der Waals surface area contributed by atoms with Crippen LogP contribution in [-0.2, 0) is 14.4 Å². The summed E-state index contributed by atoms with van der Waals surface area (Å²) in [5, 5.41) is 11.6. The predicted octanol–water partition coefficient (Wildman–Crippen LogP) is 1.56. The highest BCUT2D eigenvalue weighted by Crippen LogP contribution is 2.31. The summed E-state index contributed by atoms with van der Waals surface area (Å²) in [6.07, 6.45) is 0.465. The zero-order valence-electron chi connectivity index (χ0n) is 13.9. The summed E-state index contributed by atoms with van der Waals surface area (Å²) < 4.78 is 5.36. The number of amides is 2. The first-order chi connectivity index (χ1) is 11.3. The lowest BCUT2D eigenvalue weighted by Crippen LogP contribution is -2.46. The molecule has 7 nitrogen and oxygen atoms in total. The molecule has 0 aliphatic carbocycles. The van der Waals surface area contributed by atoms with Gasteiger partial charge in [0.05, 0.1) is 5.69 Å². The maximum absolute atomic E-state index is 12.1. The van der Waals surface area contributed by atoms with Gasteiger partial charge in [-0.1, -0.05) is 12.1 Å². The number of rotatable bonds is 7. The molecule has 0 atom stereocenters. The zero-order valence-corrected chi connectivity index (χ0v) is 13.9. The Kier molecular flexibility index (Phi) is 5.43. The van der Waals surface area contributed by atoms with E-state index >= 15 is 0 Å². The number of carbonyl (C=O) groups is 3. The standard InChI is InChI=1S/C17H22N2O5/c1-17(2,9-7-16(22)23)18-14(20)8-10-19-12-5-3-4-6-13(12)24-11-15(19)21/h3-6H,7-11H2,1-2H3,(H,18,20)(H,22,23). The highest BCUT2D eigenvalue weighted by atomic mass is 16.5. The first-order valence-electron chi connectivity index (χ1n) is 7.83. The van der Waals surface area contributed by atoms with E-state index in [-0.39, 0.29) is 37.8 Å². The summed E-state index contributed by atoms with van der Waals surface area (Å²) >= 11 is 0. The zero-order chi connectivity index (χ0) is 17.7. The largest absolute Gasteiger partial charge is 0.482 e. The fourth-order valence-corrected chi connectivity index (χ4v) is 2.53. The van der Waals surface area contributed by atoms with Gasteiger partial charge in [-0.3, -0.25) is 14.4 Å². The van der Waals surface area contributed by atoms with Crippen molar-refractivity contribution in [3.63, 3.8) is 0 Å². The highest BCUT2D eigenvalue weighted by Gasteiger charge is 2.26. The van der Waals surface area contributed by atoms with Crippen molar-refractivity contribution >= 4 is 23.5 Å². The van der Waals surface area contributed by atoms with Crippen LogP contribution in [-0.4, -0.2) is 41.6 Å². The predicted molar refractivity (Wildman–Crippen MR) is 88.0 cm³/mol. The van der Waals surface area contributed by atoms with Crippen LogP contribution in [0.15, 0.2) is 24.3 Å². The summed E-state index contributed by atoms with van der Waals surface area (Å²) in [5.41, 5.74) is 0.0502. The van der Waals surface area contributed by atoms with Gasteiger partial charge in [-0.05, 0) is 32.4 Å². The number of carbonyl (C=O) groups excluding carboxylic acids is 2. The molecule has 0 fully saturated rings. The Morgan fingerprint density at radius 1 is 1.29 bits per heavy atom. The highest BCUT2D eigenvalue weighted by molar-refractivity contribution is 5.98. The molecular weight excluding hydrogens is 312 g/mol. The van der Waals surface area contributed by atoms with Gasteiger partial charge in [0.15, 0.2) is 6.61 Å². The molecule has 0 bridgehead atoms. The third kappa shape index (κ3) is 4.71. The minimum absolute atomic E-state index is 0.0113. The normalized spacial score (nSPS) is 13.9. The Balaban J connectivity index is 1.92. The van der Waals surface area contributed by atoms with E-state index in [2.05, 4.69) is 5.32 Å². The molecule has 24 heavy (non-hydrogen) atoms. The number of carboxylic acids is 1. The number of para-hydroxylation sites is 2. The second kappa shape index (κ2) is 7.33. The Hall–Kier alpha value is -2.57. The number of nitrogens with zero attached hydrogens (tertiary/aromatic N) is 1. The van der Waals surface area contributed by atoms with E-state index in [1.807, 2.05) is 12.1 Å². The third-order valence-corrected chi connectivity index (χ3v) is 3.81. The molecule has 0 unspecified atom stereocenters. The summed E-state index contributed by atoms with van der Waals surface area (Å²) in [6.45, 7) is 3.77. The van der Waals surface area contributed by atoms with Gasteiger partial charge >= 0.3 is 5.97 Å². The monoisotopic (exact) mass is 334 g/mol. The van der Waals surface area contributed by atoms with Crippen molar-refractivity contribution in [2.45, 2.75) is 38.6 Å². The minimum Gasteiger partial charge on any atom is -0.482 e. The second-order valence-electron chi connectivity index (χ2n) is 6.38. The molecule has 7 heteroatoms. The van der Waals surface area contributed by atoms with Crippen LogP contribution in [0.3, 0.4) is 0 Å². The summed E-state index contributed by atoms with van der Waals surface area (Å²) in [7, 11) is 0. The topological polar surface area (TPSA) is 95.9 Å². The number of anilines is 1. The van der Waals surface area contributed by atoms with Gasteiger partial charge in [-0.25, -0.2) is 0 Å². The van der Waals surface area contributed by atoms with Crippen LogP contribution in [0.2, 0.25) is 0 Å². The molecule has 2 amide bonds. The van der Waals surface area contributed by atoms with Crippen LogP contribution in [0.4, 0.5) is 5.69 Å². The first kappa shape index (κ1) is 17.8. The lowest BCUT2D eigenvalue weighted by Gasteiger charge is -2.30. The number of fused-ring (bicyclic) bond motifs is 1. The SMILES string of the molecule is CC(C)(CCC(=O)O)NC(=O)CCN1C(=O)COc2ccccc21. The van der Waals surface area contributed by atoms with E-state index in [4.69, 9.17) is 9.84 Å². The van der Waals surface area contributed by atoms with Crippen molar-refractivity contribution in [3.8, 4) is 5.75 Å². The first-order valence-corrected chi connectivity index (χ1v) is 7.83. The van der Waals surface area contributed by atoms with Crippen LogP contribution < -0.4 is 15.0 Å². The molecule has 1 heterocycles. The fourth-order valence-electron chi connectivity index (χ4n) is 2.53. The van der Waals surface area contributed by atoms with Crippen LogP contribution >= 0.6 is 0 Å². The van der Waals surface area contributed by atoms with E-state index < -0.39 is 11.5 Å². The molecule has 0 saturated heterocycles. The van der Waals surface area contributed by atoms with Gasteiger partial charge < -0.3 is 20.1 Å². The van der Waals surface area contributed by atoms with E-state index in [0.29, 0.717) is 17.9 Å². The molecule has 0 aromatic heterocycles. The summed E-state index contributed by atoms with van der Waals surface area (Å²) in [4.78, 5) is 36.4. The number of benzene rings is 1. The summed E-state index contributed by atoms with van der Waals surface area (Å²) in [6, 6.07) is 7.19. The van der Waals surface area contributed by atoms with Gasteiger partial charge in [-0.2, -0.15) is 0 Å². The Morgan fingerprint density at radius 3 is 2.71 bits per heavy atom. The lowest BCUT2D eigenvalue weighted by molar-refractivity contribution is -0.138. The van der Waals surface area contributed by atoms with Crippen LogP contribution in [0, 0.1) is 0 Å². The fraction of sp³-hybridized carbons (Fsp3) is 0.471. The van der Waals surface area contributed by atoms with Gasteiger partial charge in [0, 0.05) is 24.9 Å². The van der Waals surface area contributed by atoms with Gasteiger partial charge in [0.2, 0.25) is 5.91 Å².